The minimum Gasteiger partial charge on any atom is -0.444 e. The van der Waals surface area contributed by atoms with Gasteiger partial charge in [-0.3, -0.25) is 14.4 Å². The van der Waals surface area contributed by atoms with Gasteiger partial charge in [-0.1, -0.05) is 25.0 Å². The Balaban J connectivity index is 1.52. The quantitative estimate of drug-likeness (QED) is 0.365. The summed E-state index contributed by atoms with van der Waals surface area (Å²) in [6.45, 7) is 5.56. The number of allylic oxidation sites excluding steroid dienone is 1. The number of hydrogen-bond acceptors (Lipinski definition) is 7. The second kappa shape index (κ2) is 11.4. The van der Waals surface area contributed by atoms with Crippen LogP contribution in [0.1, 0.15) is 85.0 Å². The van der Waals surface area contributed by atoms with Crippen LogP contribution in [-0.2, 0) is 29.3 Å². The van der Waals surface area contributed by atoms with Gasteiger partial charge in [0.25, 0.3) is 5.91 Å². The van der Waals surface area contributed by atoms with Gasteiger partial charge < -0.3 is 20.3 Å². The fourth-order valence-electron chi connectivity index (χ4n) is 5.21. The standard InChI is InChI=1S/C26H41N5O7S/c1-25(2,3)38-24(35)27-19-11-8-6-4-5-7-10-17-16-26(17,23(34)30-39(36,37)29-18-13-14-18)28-21(32)20-12-9-15-31(20)22(19)33/h7,10,17-20,29H,4-6,8-9,11-16H2,1-3H3,(H,27,35)(H,28,32)(H,30,34)/b10-7-/t17-,19+,20+,26-/m1/s1. The van der Waals surface area contributed by atoms with E-state index in [1.807, 2.05) is 12.2 Å². The third-order valence-corrected chi connectivity index (χ3v) is 8.55. The summed E-state index contributed by atoms with van der Waals surface area (Å²) < 4.78 is 34.8. The Morgan fingerprint density at radius 2 is 1.82 bits per heavy atom. The zero-order chi connectivity index (χ0) is 28.4. The van der Waals surface area contributed by atoms with Crippen LogP contribution < -0.4 is 20.1 Å². The third-order valence-electron chi connectivity index (χ3n) is 7.45. The molecule has 2 heterocycles. The monoisotopic (exact) mass is 567 g/mol. The number of nitrogens with zero attached hydrogens (tertiary/aromatic N) is 1. The molecule has 0 aromatic carbocycles. The van der Waals surface area contributed by atoms with Crippen molar-refractivity contribution in [3.05, 3.63) is 12.2 Å². The summed E-state index contributed by atoms with van der Waals surface area (Å²) in [5, 5.41) is 5.50. The predicted octanol–water partition coefficient (Wildman–Crippen LogP) is 1.38. The van der Waals surface area contributed by atoms with Gasteiger partial charge >= 0.3 is 16.3 Å². The average molecular weight is 568 g/mol. The second-order valence-electron chi connectivity index (χ2n) is 12.1. The molecule has 39 heavy (non-hydrogen) atoms. The Labute approximate surface area is 230 Å². The maximum absolute atomic E-state index is 13.6. The molecule has 4 N–H and O–H groups in total. The molecule has 4 amide bonds. The number of hydrogen-bond donors (Lipinski definition) is 4. The number of carbonyl (C=O) groups excluding carboxylic acids is 4. The number of fused-ring (bicyclic) bond motifs is 2. The lowest BCUT2D eigenvalue weighted by atomic mass is 10.0. The lowest BCUT2D eigenvalue weighted by Gasteiger charge is -2.30. The van der Waals surface area contributed by atoms with Crippen molar-refractivity contribution in [2.45, 2.75) is 114 Å². The lowest BCUT2D eigenvalue weighted by Crippen LogP contribution is -2.59. The van der Waals surface area contributed by atoms with Gasteiger partial charge in [0.15, 0.2) is 0 Å². The number of ether oxygens (including phenoxy) is 1. The summed E-state index contributed by atoms with van der Waals surface area (Å²) >= 11 is 0. The predicted molar refractivity (Wildman–Crippen MR) is 142 cm³/mol. The SMILES string of the molecule is CC(C)(C)OC(=O)N[C@H]1CCCCC/C=C\[C@@H]2C[C@@]2(C(=O)NS(=O)(=O)NC2CC2)NC(=O)[C@@H]2CCCN2C1=O. The van der Waals surface area contributed by atoms with Crippen molar-refractivity contribution in [1.82, 2.24) is 25.0 Å². The molecule has 0 unspecified atom stereocenters. The molecule has 0 bridgehead atoms. The summed E-state index contributed by atoms with van der Waals surface area (Å²) in [5.74, 6) is -2.02. The minimum atomic E-state index is -4.06. The van der Waals surface area contributed by atoms with E-state index in [1.54, 1.807) is 20.8 Å². The molecule has 4 aliphatic rings. The zero-order valence-electron chi connectivity index (χ0n) is 23.0. The number of alkyl carbamates (subject to hydrolysis) is 1. The van der Waals surface area contributed by atoms with E-state index in [1.165, 1.54) is 4.90 Å². The van der Waals surface area contributed by atoms with Crippen LogP contribution in [-0.4, -0.2) is 72.9 Å². The highest BCUT2D eigenvalue weighted by atomic mass is 32.2. The molecule has 218 valence electrons. The summed E-state index contributed by atoms with van der Waals surface area (Å²) in [7, 11) is -4.06. The van der Waals surface area contributed by atoms with Crippen LogP contribution in [0.4, 0.5) is 4.79 Å². The molecule has 0 radical (unpaired) electrons. The highest BCUT2D eigenvalue weighted by Gasteiger charge is 2.61. The first kappa shape index (κ1) is 29.3. The molecule has 2 aliphatic heterocycles. The van der Waals surface area contributed by atoms with Crippen molar-refractivity contribution < 1.29 is 32.3 Å². The first-order chi connectivity index (χ1) is 18.3. The van der Waals surface area contributed by atoms with Crippen LogP contribution in [0, 0.1) is 5.92 Å². The van der Waals surface area contributed by atoms with Crippen molar-refractivity contribution in [3.63, 3.8) is 0 Å². The van der Waals surface area contributed by atoms with Crippen molar-refractivity contribution in [2.75, 3.05) is 6.54 Å². The Bertz CT molecular complexity index is 1110. The van der Waals surface area contributed by atoms with E-state index in [-0.39, 0.29) is 24.3 Å². The van der Waals surface area contributed by atoms with Crippen LogP contribution in [0.15, 0.2) is 12.2 Å². The van der Waals surface area contributed by atoms with Gasteiger partial charge in [-0.15, -0.1) is 0 Å². The molecule has 2 aliphatic carbocycles. The van der Waals surface area contributed by atoms with Gasteiger partial charge in [0.05, 0.1) is 0 Å². The fourth-order valence-corrected chi connectivity index (χ4v) is 6.37. The van der Waals surface area contributed by atoms with Gasteiger partial charge in [-0.25, -0.2) is 9.52 Å². The molecular formula is C26H41N5O7S. The Morgan fingerprint density at radius 1 is 1.08 bits per heavy atom. The smallest absolute Gasteiger partial charge is 0.408 e. The van der Waals surface area contributed by atoms with Gasteiger partial charge in [-0.2, -0.15) is 13.1 Å². The van der Waals surface area contributed by atoms with Crippen LogP contribution in [0.25, 0.3) is 0 Å². The molecule has 0 aromatic rings. The maximum atomic E-state index is 13.6. The third kappa shape index (κ3) is 7.71. The Kier molecular flexibility index (Phi) is 8.60. The summed E-state index contributed by atoms with van der Waals surface area (Å²) in [5.41, 5.74) is -2.13. The number of amides is 4. The second-order valence-corrected chi connectivity index (χ2v) is 13.5. The zero-order valence-corrected chi connectivity index (χ0v) is 23.8. The molecule has 3 fully saturated rings. The highest BCUT2D eigenvalue weighted by molar-refractivity contribution is 7.88. The van der Waals surface area contributed by atoms with E-state index >= 15 is 0 Å². The van der Waals surface area contributed by atoms with Crippen molar-refractivity contribution in [2.24, 2.45) is 5.92 Å². The van der Waals surface area contributed by atoms with E-state index in [0.717, 1.165) is 32.1 Å². The first-order valence-corrected chi connectivity index (χ1v) is 15.4. The first-order valence-electron chi connectivity index (χ1n) is 13.9. The van der Waals surface area contributed by atoms with Crippen LogP contribution in [0.3, 0.4) is 0 Å². The van der Waals surface area contributed by atoms with Gasteiger partial charge in [0, 0.05) is 18.5 Å². The van der Waals surface area contributed by atoms with E-state index < -0.39 is 51.3 Å². The number of nitrogens with one attached hydrogen (secondary N) is 4. The van der Waals surface area contributed by atoms with Crippen LogP contribution >= 0.6 is 0 Å². The van der Waals surface area contributed by atoms with Crippen molar-refractivity contribution in [1.29, 1.82) is 0 Å². The summed E-state index contributed by atoms with van der Waals surface area (Å²) in [4.78, 5) is 54.3. The summed E-state index contributed by atoms with van der Waals surface area (Å²) in [6, 6.07) is -1.86. The molecule has 0 spiro atoms. The van der Waals surface area contributed by atoms with E-state index in [9.17, 15) is 27.6 Å². The van der Waals surface area contributed by atoms with Crippen LogP contribution in [0.5, 0.6) is 0 Å². The van der Waals surface area contributed by atoms with E-state index in [4.69, 9.17) is 4.74 Å². The normalized spacial score (nSPS) is 31.1. The molecule has 0 aromatic heterocycles. The Morgan fingerprint density at radius 3 is 2.51 bits per heavy atom. The van der Waals surface area contributed by atoms with Crippen molar-refractivity contribution >= 4 is 34.0 Å². The number of rotatable bonds is 5. The lowest BCUT2D eigenvalue weighted by molar-refractivity contribution is -0.141. The van der Waals surface area contributed by atoms with E-state index in [2.05, 4.69) is 20.1 Å². The average Bonchev–Trinajstić information content (AvgIpc) is 3.70. The highest BCUT2D eigenvalue weighted by Crippen LogP contribution is 2.45. The summed E-state index contributed by atoms with van der Waals surface area (Å²) in [6.07, 6.45) is 9.33. The van der Waals surface area contributed by atoms with Crippen molar-refractivity contribution in [3.8, 4) is 0 Å². The molecule has 4 atom stereocenters. The molecule has 12 nitrogen and oxygen atoms in total. The van der Waals surface area contributed by atoms with Crippen LogP contribution in [0.2, 0.25) is 0 Å². The number of carbonyl (C=O) groups is 4. The molecule has 4 rings (SSSR count). The molecule has 13 heteroatoms. The maximum Gasteiger partial charge on any atom is 0.408 e. The Hall–Kier alpha value is -2.67. The minimum absolute atomic E-state index is 0.175. The molecule has 2 saturated carbocycles. The molecule has 1 saturated heterocycles. The molecular weight excluding hydrogens is 526 g/mol. The van der Waals surface area contributed by atoms with E-state index in [0.29, 0.717) is 32.2 Å². The topological polar surface area (TPSA) is 163 Å². The van der Waals surface area contributed by atoms with Gasteiger partial charge in [0.2, 0.25) is 11.8 Å². The fraction of sp³-hybridized carbons (Fsp3) is 0.769. The largest absolute Gasteiger partial charge is 0.444 e. The van der Waals surface area contributed by atoms with Gasteiger partial charge in [-0.05, 0) is 72.1 Å². The van der Waals surface area contributed by atoms with Gasteiger partial charge in [0.1, 0.15) is 23.2 Å².